The normalized spacial score (nSPS) is 14.4. The third-order valence-electron chi connectivity index (χ3n) is 6.01. The van der Waals surface area contributed by atoms with Gasteiger partial charge in [-0.2, -0.15) is 0 Å². The van der Waals surface area contributed by atoms with Crippen LogP contribution in [0.5, 0.6) is 5.75 Å². The molecule has 0 saturated carbocycles. The molecule has 0 aliphatic carbocycles. The maximum absolute atomic E-state index is 13.3. The fraction of sp³-hybridized carbons (Fsp3) is 0.222. The molecule has 3 aromatic carbocycles. The number of rotatable bonds is 6. The zero-order valence-electron chi connectivity index (χ0n) is 19.1. The quantitative estimate of drug-likeness (QED) is 0.512. The second-order valence-corrected chi connectivity index (χ2v) is 8.36. The first kappa shape index (κ1) is 21.5. The Morgan fingerprint density at radius 1 is 0.844 bits per heavy atom. The van der Waals surface area contributed by atoms with Crippen LogP contribution in [0, 0.1) is 0 Å². The summed E-state index contributed by atoms with van der Waals surface area (Å²) < 4.78 is 5.74. The zero-order valence-corrected chi connectivity index (χ0v) is 19.1. The molecule has 0 aromatic heterocycles. The maximum atomic E-state index is 13.3. The van der Waals surface area contributed by atoms with E-state index in [2.05, 4.69) is 64.9 Å². The molecule has 1 amide bonds. The predicted molar refractivity (Wildman–Crippen MR) is 131 cm³/mol. The van der Waals surface area contributed by atoms with Crippen molar-refractivity contribution in [1.82, 2.24) is 4.90 Å². The highest BCUT2D eigenvalue weighted by Gasteiger charge is 2.50. The van der Waals surface area contributed by atoms with Crippen molar-refractivity contribution in [3.8, 4) is 5.75 Å². The number of hydrogen-bond acceptors (Lipinski definition) is 4. The summed E-state index contributed by atoms with van der Waals surface area (Å²) in [5, 5.41) is 0. The number of carbonyl (C=O) groups excluding carboxylic acids is 1. The molecule has 0 radical (unpaired) electrons. The Kier molecular flexibility index (Phi) is 5.66. The van der Waals surface area contributed by atoms with Gasteiger partial charge in [-0.25, -0.2) is 4.79 Å². The molecular weight excluding hydrogens is 398 g/mol. The average molecular weight is 428 g/mol. The van der Waals surface area contributed by atoms with Gasteiger partial charge in [0, 0.05) is 51.7 Å². The summed E-state index contributed by atoms with van der Waals surface area (Å²) in [5.74, 6) is 0.575. The van der Waals surface area contributed by atoms with E-state index in [4.69, 9.17) is 4.74 Å². The van der Waals surface area contributed by atoms with Gasteiger partial charge in [-0.05, 0) is 41.5 Å². The average Bonchev–Trinajstić information content (AvgIpc) is 2.80. The molecule has 5 heteroatoms. The molecule has 0 fully saturated rings. The highest BCUT2D eigenvalue weighted by molar-refractivity contribution is 5.79. The Bertz CT molecular complexity index is 1070. The molecule has 32 heavy (non-hydrogen) atoms. The second kappa shape index (κ2) is 8.42. The Morgan fingerprint density at radius 3 is 1.81 bits per heavy atom. The van der Waals surface area contributed by atoms with Crippen LogP contribution >= 0.6 is 0 Å². The van der Waals surface area contributed by atoms with Gasteiger partial charge in [0.15, 0.2) is 0 Å². The monoisotopic (exact) mass is 427 g/mol. The van der Waals surface area contributed by atoms with E-state index in [1.54, 1.807) is 11.0 Å². The van der Waals surface area contributed by atoms with Crippen molar-refractivity contribution >= 4 is 17.5 Å². The first-order valence-electron chi connectivity index (χ1n) is 10.6. The summed E-state index contributed by atoms with van der Waals surface area (Å²) in [5.41, 5.74) is 4.24. The Balaban J connectivity index is 2.05. The first-order valence-corrected chi connectivity index (χ1v) is 10.6. The highest BCUT2D eigenvalue weighted by atomic mass is 16.6. The molecule has 1 aliphatic heterocycles. The summed E-state index contributed by atoms with van der Waals surface area (Å²) >= 11 is 0. The van der Waals surface area contributed by atoms with Crippen LogP contribution in [0.1, 0.15) is 16.7 Å². The lowest BCUT2D eigenvalue weighted by molar-refractivity contribution is 0.106. The summed E-state index contributed by atoms with van der Waals surface area (Å²) in [6.45, 7) is 4.26. The van der Waals surface area contributed by atoms with E-state index in [0.29, 0.717) is 12.3 Å². The minimum Gasteiger partial charge on any atom is -0.410 e. The van der Waals surface area contributed by atoms with Crippen LogP contribution in [0.2, 0.25) is 0 Å². The molecule has 0 atom stereocenters. The molecule has 3 aromatic rings. The fourth-order valence-electron chi connectivity index (χ4n) is 4.42. The molecule has 1 aliphatic rings. The van der Waals surface area contributed by atoms with Crippen LogP contribution in [-0.2, 0) is 5.54 Å². The smallest absolute Gasteiger partial charge is 0.410 e. The standard InChI is InChI=1S/C27H29N3O2/c1-6-19-30-26(31)32-25-10-8-7-9-24(25)27(30,20-11-15-22(16-12-20)28(2)3)21-13-17-23(18-14-21)29(4)5/h6-18H,1,19H2,2-5H3. The number of amides is 1. The third kappa shape index (κ3) is 3.40. The zero-order chi connectivity index (χ0) is 22.9. The van der Waals surface area contributed by atoms with Gasteiger partial charge in [0.1, 0.15) is 11.3 Å². The number of anilines is 2. The first-order chi connectivity index (χ1) is 15.4. The molecule has 0 N–H and O–H groups in total. The molecule has 1 heterocycles. The van der Waals surface area contributed by atoms with Crippen LogP contribution in [0.25, 0.3) is 0 Å². The molecule has 164 valence electrons. The lowest BCUT2D eigenvalue weighted by Crippen LogP contribution is -2.55. The van der Waals surface area contributed by atoms with Crippen molar-refractivity contribution in [1.29, 1.82) is 0 Å². The summed E-state index contributed by atoms with van der Waals surface area (Å²) in [6.07, 6.45) is 1.35. The van der Waals surface area contributed by atoms with E-state index in [1.165, 1.54) is 0 Å². The number of hydrogen-bond donors (Lipinski definition) is 0. The van der Waals surface area contributed by atoms with Crippen molar-refractivity contribution in [3.05, 3.63) is 102 Å². The summed E-state index contributed by atoms with van der Waals surface area (Å²) in [6, 6.07) is 24.5. The van der Waals surface area contributed by atoms with Gasteiger partial charge in [-0.1, -0.05) is 48.5 Å². The summed E-state index contributed by atoms with van der Waals surface area (Å²) in [7, 11) is 8.06. The van der Waals surface area contributed by atoms with Crippen LogP contribution in [-0.4, -0.2) is 45.7 Å². The van der Waals surface area contributed by atoms with Gasteiger partial charge in [0.2, 0.25) is 0 Å². The molecule has 5 nitrogen and oxygen atoms in total. The number of ether oxygens (including phenoxy) is 1. The molecule has 4 rings (SSSR count). The van der Waals surface area contributed by atoms with Gasteiger partial charge >= 0.3 is 6.09 Å². The molecular formula is C27H29N3O2. The largest absolute Gasteiger partial charge is 0.416 e. The number of benzene rings is 3. The number of nitrogens with zero attached hydrogens (tertiary/aromatic N) is 3. The third-order valence-corrected chi connectivity index (χ3v) is 6.01. The van der Waals surface area contributed by atoms with Crippen LogP contribution in [0.4, 0.5) is 16.2 Å². The van der Waals surface area contributed by atoms with Gasteiger partial charge in [-0.15, -0.1) is 6.58 Å². The maximum Gasteiger partial charge on any atom is 0.416 e. The van der Waals surface area contributed by atoms with Crippen LogP contribution in [0.3, 0.4) is 0 Å². The van der Waals surface area contributed by atoms with Gasteiger partial charge in [-0.3, -0.25) is 4.90 Å². The minimum atomic E-state index is -0.851. The van der Waals surface area contributed by atoms with E-state index >= 15 is 0 Å². The van der Waals surface area contributed by atoms with Crippen LogP contribution < -0.4 is 14.5 Å². The van der Waals surface area contributed by atoms with Crippen LogP contribution in [0.15, 0.2) is 85.5 Å². The van der Waals surface area contributed by atoms with E-state index in [9.17, 15) is 4.79 Å². The Morgan fingerprint density at radius 2 is 1.34 bits per heavy atom. The van der Waals surface area contributed by atoms with Crippen molar-refractivity contribution in [2.24, 2.45) is 0 Å². The SMILES string of the molecule is C=CCN1C(=O)Oc2ccccc2C1(c1ccc(N(C)C)cc1)c1ccc(N(C)C)cc1. The lowest BCUT2D eigenvalue weighted by Gasteiger charge is -2.47. The fourth-order valence-corrected chi connectivity index (χ4v) is 4.42. The second-order valence-electron chi connectivity index (χ2n) is 8.36. The number of carbonyl (C=O) groups is 1. The molecule has 0 unspecified atom stereocenters. The van der Waals surface area contributed by atoms with Gasteiger partial charge < -0.3 is 14.5 Å². The van der Waals surface area contributed by atoms with E-state index < -0.39 is 11.6 Å². The van der Waals surface area contributed by atoms with Crippen molar-refractivity contribution in [3.63, 3.8) is 0 Å². The molecule has 0 spiro atoms. The van der Waals surface area contributed by atoms with Crippen molar-refractivity contribution < 1.29 is 9.53 Å². The lowest BCUT2D eigenvalue weighted by atomic mass is 9.74. The Hall–Kier alpha value is -3.73. The highest BCUT2D eigenvalue weighted by Crippen LogP contribution is 2.49. The van der Waals surface area contributed by atoms with E-state index in [-0.39, 0.29) is 0 Å². The Labute approximate surface area is 190 Å². The number of para-hydroxylation sites is 1. The van der Waals surface area contributed by atoms with Gasteiger partial charge in [0.25, 0.3) is 0 Å². The van der Waals surface area contributed by atoms with E-state index in [0.717, 1.165) is 28.1 Å². The topological polar surface area (TPSA) is 36.0 Å². The van der Waals surface area contributed by atoms with E-state index in [1.807, 2.05) is 52.5 Å². The predicted octanol–water partition coefficient (Wildman–Crippen LogP) is 5.11. The minimum absolute atomic E-state index is 0.345. The molecule has 0 bridgehead atoms. The summed E-state index contributed by atoms with van der Waals surface area (Å²) in [4.78, 5) is 19.2. The van der Waals surface area contributed by atoms with Crippen molar-refractivity contribution in [2.75, 3.05) is 44.5 Å². The molecule has 0 saturated heterocycles. The van der Waals surface area contributed by atoms with Crippen molar-refractivity contribution in [2.45, 2.75) is 5.54 Å². The number of fused-ring (bicyclic) bond motifs is 1. The van der Waals surface area contributed by atoms with Gasteiger partial charge in [0.05, 0.1) is 0 Å².